The number of fused-ring (bicyclic) bond motifs is 1. The highest BCUT2D eigenvalue weighted by molar-refractivity contribution is 7.96. The van der Waals surface area contributed by atoms with Gasteiger partial charge in [0.1, 0.15) is 46.4 Å². The maximum absolute atomic E-state index is 3.86. The van der Waals surface area contributed by atoms with Crippen molar-refractivity contribution in [2.24, 2.45) is 0 Å². The maximum Gasteiger partial charge on any atom is 0.173 e. The van der Waals surface area contributed by atoms with E-state index in [1.165, 1.54) is 187 Å². The van der Waals surface area contributed by atoms with E-state index in [-0.39, 0.29) is 0 Å². The van der Waals surface area contributed by atoms with Crippen LogP contribution >= 0.6 is 29.0 Å². The SMILES string of the molecule is C=Cc1ccc(C[P+](CCCC)(CCCC)CCCC)cc1.C=Cc1ccc(C[n+]2ccccc2)cc1.CCCC[P+](CCCC)(CCCC)CCCC.c1ccc([P+](Cc2ccc3ccccc3c2)(c2ccccc2)c2ccccc2)cc1.c1ccc([P+](c2ccccc2)(c2ccccc2)C2CC2)cc1. The zero-order chi connectivity index (χ0) is 74.8. The summed E-state index contributed by atoms with van der Waals surface area (Å²) in [6, 6.07) is 106. The lowest BCUT2D eigenvalue weighted by Gasteiger charge is -2.28. The molecule has 1 fully saturated rings. The minimum absolute atomic E-state index is 0.562. The van der Waals surface area contributed by atoms with Gasteiger partial charge in [0.25, 0.3) is 0 Å². The number of nitrogens with zero attached hydrogens (tertiary/aromatic N) is 1. The van der Waals surface area contributed by atoms with Crippen LogP contribution in [-0.4, -0.2) is 48.8 Å². The second kappa shape index (κ2) is 46.9. The summed E-state index contributed by atoms with van der Waals surface area (Å²) in [6.07, 6.45) is 43.8. The molecule has 10 aromatic carbocycles. The molecule has 0 N–H and O–H groups in total. The minimum Gasteiger partial charge on any atom is -0.201 e. The lowest BCUT2D eigenvalue weighted by atomic mass is 10.1. The van der Waals surface area contributed by atoms with Crippen molar-refractivity contribution in [3.63, 3.8) is 0 Å². The van der Waals surface area contributed by atoms with E-state index in [1.807, 2.05) is 30.4 Å². The number of hydrogen-bond acceptors (Lipinski definition) is 0. The second-order valence-electron chi connectivity index (χ2n) is 29.4. The van der Waals surface area contributed by atoms with Gasteiger partial charge in [-0.1, -0.05) is 319 Å². The summed E-state index contributed by atoms with van der Waals surface area (Å²) in [5.74, 6) is 0. The molecule has 0 bridgehead atoms. The zero-order valence-electron chi connectivity index (χ0n) is 66.1. The first-order chi connectivity index (χ1) is 52.1. The quantitative estimate of drug-likeness (QED) is 0.0272. The minimum atomic E-state index is -1.85. The lowest BCUT2D eigenvalue weighted by molar-refractivity contribution is -0.688. The van der Waals surface area contributed by atoms with Crippen LogP contribution in [-0.2, 0) is 18.9 Å². The van der Waals surface area contributed by atoms with Crippen LogP contribution in [0.4, 0.5) is 0 Å². The van der Waals surface area contributed by atoms with E-state index in [9.17, 15) is 0 Å². The Morgan fingerprint density at radius 1 is 0.302 bits per heavy atom. The van der Waals surface area contributed by atoms with E-state index < -0.39 is 29.0 Å². The Hall–Kier alpha value is -7.19. The Labute approximate surface area is 647 Å². The van der Waals surface area contributed by atoms with E-state index in [2.05, 4.69) is 352 Å². The molecule has 106 heavy (non-hydrogen) atoms. The van der Waals surface area contributed by atoms with Crippen LogP contribution in [0.5, 0.6) is 0 Å². The van der Waals surface area contributed by atoms with Crippen LogP contribution in [0.3, 0.4) is 0 Å². The van der Waals surface area contributed by atoms with E-state index in [0.29, 0.717) is 0 Å². The molecule has 0 radical (unpaired) electrons. The molecule has 5 heteroatoms. The summed E-state index contributed by atoms with van der Waals surface area (Å²) in [5, 5.41) is 11.5. The Balaban J connectivity index is 0.000000171. The standard InChI is InChI=1S/C29H24P.C21H20P.C21H36P.C16H36P.C14H14N/c1-4-14-27(15-5-1)30(28-16-6-2-7-17-28,29-18-8-3-9-19-29)23-24-20-21-25-12-10-11-13-26(25)22-24;1-4-10-18(11-5-1)22(21-16-17-21,19-12-6-2-7-13-19)20-14-8-3-9-15-20;1-5-9-16-22(17-10-6-2,18-11-7-3)19-21-14-12-20(8-4)13-15-21;1-5-9-13-17(14-10-6-2,15-11-7-3)16-12-8-4;1-2-13-6-8-14(9-7-13)12-15-10-4-3-5-11-15/h1-22H,23H2;1-15,21H,16-17H2;8,12-15H,4-7,9-11,16-19H2,1-3H3;5-16H2,1-4H3;2-11H,1,12H2/q5*+1. The molecule has 1 aromatic heterocycles. The van der Waals surface area contributed by atoms with Crippen LogP contribution in [0.1, 0.15) is 179 Å². The Bertz CT molecular complexity index is 3870. The van der Waals surface area contributed by atoms with E-state index in [1.54, 1.807) is 30.2 Å². The molecule has 1 heterocycles. The van der Waals surface area contributed by atoms with Crippen molar-refractivity contribution in [2.45, 2.75) is 176 Å². The van der Waals surface area contributed by atoms with Gasteiger partial charge in [-0.05, 0) is 170 Å². The fourth-order valence-electron chi connectivity index (χ4n) is 15.3. The lowest BCUT2D eigenvalue weighted by Crippen LogP contribution is -2.34. The van der Waals surface area contributed by atoms with Crippen LogP contribution in [0.2, 0.25) is 0 Å². The summed E-state index contributed by atoms with van der Waals surface area (Å²) in [7, 11) is -4.75. The van der Waals surface area contributed by atoms with Crippen molar-refractivity contribution >= 4 is 83.8 Å². The molecule has 1 aliphatic rings. The third kappa shape index (κ3) is 25.5. The van der Waals surface area contributed by atoms with Gasteiger partial charge in [-0.15, -0.1) is 0 Å². The zero-order valence-corrected chi connectivity index (χ0v) is 69.7. The number of hydrogen-bond donors (Lipinski definition) is 0. The second-order valence-corrected chi connectivity index (χ2v) is 45.5. The van der Waals surface area contributed by atoms with E-state index in [4.69, 9.17) is 0 Å². The molecule has 11 aromatic rings. The number of aromatic nitrogens is 1. The summed E-state index contributed by atoms with van der Waals surface area (Å²) in [4.78, 5) is 0. The summed E-state index contributed by atoms with van der Waals surface area (Å²) in [5.41, 5.74) is 7.46. The summed E-state index contributed by atoms with van der Waals surface area (Å²) in [6.45, 7) is 25.0. The largest absolute Gasteiger partial charge is 0.201 e. The molecule has 0 atom stereocenters. The molecule has 0 aliphatic heterocycles. The van der Waals surface area contributed by atoms with Crippen molar-refractivity contribution in [1.82, 2.24) is 0 Å². The molecule has 0 spiro atoms. The van der Waals surface area contributed by atoms with Crippen LogP contribution in [0.15, 0.2) is 317 Å². The molecular formula is C101H130NP4+5. The summed E-state index contributed by atoms with van der Waals surface area (Å²) < 4.78 is 2.16. The van der Waals surface area contributed by atoms with Gasteiger partial charge in [0.2, 0.25) is 0 Å². The molecule has 12 rings (SSSR count). The van der Waals surface area contributed by atoms with E-state index >= 15 is 0 Å². The number of benzene rings is 10. The fourth-order valence-corrected chi connectivity index (χ4v) is 34.9. The van der Waals surface area contributed by atoms with Crippen molar-refractivity contribution < 1.29 is 4.57 Å². The fraction of sp³-hybridized carbons (Fsp3) is 0.337. The van der Waals surface area contributed by atoms with Gasteiger partial charge in [-0.2, -0.15) is 0 Å². The first-order valence-electron chi connectivity index (χ1n) is 40.8. The van der Waals surface area contributed by atoms with E-state index in [0.717, 1.165) is 23.9 Å². The van der Waals surface area contributed by atoms with Crippen molar-refractivity contribution in [3.8, 4) is 0 Å². The van der Waals surface area contributed by atoms with Crippen LogP contribution in [0, 0.1) is 0 Å². The van der Waals surface area contributed by atoms with Crippen LogP contribution < -0.4 is 36.4 Å². The normalized spacial score (nSPS) is 12.0. The first kappa shape index (κ1) is 84.4. The molecule has 554 valence electrons. The highest BCUT2D eigenvalue weighted by Gasteiger charge is 2.57. The molecule has 0 amide bonds. The Kier molecular flexibility index (Phi) is 37.4. The van der Waals surface area contributed by atoms with Gasteiger partial charge in [0, 0.05) is 32.2 Å². The predicted molar refractivity (Wildman–Crippen MR) is 486 cm³/mol. The topological polar surface area (TPSA) is 3.88 Å². The van der Waals surface area contributed by atoms with Gasteiger partial charge in [0.05, 0.1) is 61.1 Å². The van der Waals surface area contributed by atoms with Crippen LogP contribution in [0.25, 0.3) is 22.9 Å². The highest BCUT2D eigenvalue weighted by Crippen LogP contribution is 2.68. The van der Waals surface area contributed by atoms with Crippen molar-refractivity contribution in [1.29, 1.82) is 0 Å². The molecule has 1 saturated carbocycles. The van der Waals surface area contributed by atoms with Crippen molar-refractivity contribution in [2.75, 3.05) is 43.1 Å². The van der Waals surface area contributed by atoms with Crippen molar-refractivity contribution in [3.05, 3.63) is 345 Å². The smallest absolute Gasteiger partial charge is 0.173 e. The molecule has 0 unspecified atom stereocenters. The maximum atomic E-state index is 3.86. The van der Waals surface area contributed by atoms with Gasteiger partial charge in [-0.3, -0.25) is 0 Å². The van der Waals surface area contributed by atoms with Gasteiger partial charge < -0.3 is 0 Å². The average Bonchev–Trinajstić information content (AvgIpc) is 1.41. The van der Waals surface area contributed by atoms with Gasteiger partial charge in [0.15, 0.2) is 18.9 Å². The highest BCUT2D eigenvalue weighted by atomic mass is 31.2. The van der Waals surface area contributed by atoms with Gasteiger partial charge in [-0.25, -0.2) is 4.57 Å². The van der Waals surface area contributed by atoms with Gasteiger partial charge >= 0.3 is 0 Å². The Morgan fingerprint density at radius 3 is 0.943 bits per heavy atom. The third-order valence-corrected chi connectivity index (χ3v) is 40.6. The molecule has 1 aliphatic carbocycles. The molecular weight excluding hydrogens is 1350 g/mol. The molecule has 1 nitrogen and oxygen atoms in total. The number of pyridine rings is 1. The number of unbranched alkanes of at least 4 members (excludes halogenated alkanes) is 7. The first-order valence-corrected chi connectivity index (χ1v) is 49.6. The Morgan fingerprint density at radius 2 is 0.604 bits per heavy atom. The summed E-state index contributed by atoms with van der Waals surface area (Å²) >= 11 is 0. The monoisotopic (exact) mass is 1480 g/mol. The molecule has 0 saturated heterocycles. The third-order valence-electron chi connectivity index (χ3n) is 21.4. The number of rotatable bonds is 36. The predicted octanol–water partition coefficient (Wildman–Crippen LogP) is 26.6. The average molecular weight is 1480 g/mol.